The first-order chi connectivity index (χ1) is 6.70. The molecule has 1 atom stereocenters. The molecule has 0 aliphatic carbocycles. The Morgan fingerprint density at radius 2 is 2.29 bits per heavy atom. The molecule has 0 saturated heterocycles. The van der Waals surface area contributed by atoms with Crippen molar-refractivity contribution in [3.8, 4) is 5.75 Å². The van der Waals surface area contributed by atoms with E-state index in [4.69, 9.17) is 4.74 Å². The van der Waals surface area contributed by atoms with Gasteiger partial charge in [0, 0.05) is 6.07 Å². The van der Waals surface area contributed by atoms with Crippen LogP contribution in [0, 0.1) is 0 Å². The van der Waals surface area contributed by atoms with Crippen molar-refractivity contribution < 1.29 is 4.74 Å². The van der Waals surface area contributed by atoms with Gasteiger partial charge in [0.1, 0.15) is 11.6 Å². The van der Waals surface area contributed by atoms with Crippen molar-refractivity contribution in [2.24, 2.45) is 0 Å². The first kappa shape index (κ1) is 9.52. The molecule has 0 fully saturated rings. The molecule has 1 heterocycles. The average molecular weight is 255 g/mol. The molecule has 1 N–H and O–H groups in total. The van der Waals surface area contributed by atoms with E-state index in [1.165, 1.54) is 0 Å². The van der Waals surface area contributed by atoms with Crippen molar-refractivity contribution >= 4 is 27.0 Å². The van der Waals surface area contributed by atoms with Crippen LogP contribution in [0.15, 0.2) is 18.2 Å². The number of hydrogen-bond donors (Lipinski definition) is 1. The summed E-state index contributed by atoms with van der Waals surface area (Å²) >= 11 is 3.47. The minimum atomic E-state index is 0.237. The molecule has 0 aliphatic heterocycles. The van der Waals surface area contributed by atoms with Crippen LogP contribution in [0.4, 0.5) is 0 Å². The largest absolute Gasteiger partial charge is 0.497 e. The summed E-state index contributed by atoms with van der Waals surface area (Å²) in [7, 11) is 1.66. The summed E-state index contributed by atoms with van der Waals surface area (Å²) in [6, 6.07) is 5.80. The Morgan fingerprint density at radius 3 is 2.93 bits per heavy atom. The SMILES string of the molecule is COc1ccc2nc(C(C)Br)[nH]c2c1. The summed E-state index contributed by atoms with van der Waals surface area (Å²) < 4.78 is 5.13. The van der Waals surface area contributed by atoms with Crippen LogP contribution in [0.2, 0.25) is 0 Å². The number of aromatic amines is 1. The fourth-order valence-electron chi connectivity index (χ4n) is 1.32. The minimum Gasteiger partial charge on any atom is -0.497 e. The lowest BCUT2D eigenvalue weighted by Crippen LogP contribution is -1.84. The molecular weight excluding hydrogens is 244 g/mol. The second-order valence-electron chi connectivity index (χ2n) is 3.12. The van der Waals surface area contributed by atoms with Crippen LogP contribution in [0.25, 0.3) is 11.0 Å². The van der Waals surface area contributed by atoms with Crippen LogP contribution >= 0.6 is 15.9 Å². The third kappa shape index (κ3) is 1.62. The van der Waals surface area contributed by atoms with Crippen molar-refractivity contribution in [3.63, 3.8) is 0 Å². The third-order valence-electron chi connectivity index (χ3n) is 2.08. The molecule has 0 radical (unpaired) electrons. The van der Waals surface area contributed by atoms with Gasteiger partial charge < -0.3 is 9.72 Å². The van der Waals surface area contributed by atoms with Crippen LogP contribution in [-0.4, -0.2) is 17.1 Å². The highest BCUT2D eigenvalue weighted by molar-refractivity contribution is 9.09. The van der Waals surface area contributed by atoms with Crippen LogP contribution in [0.3, 0.4) is 0 Å². The van der Waals surface area contributed by atoms with E-state index < -0.39 is 0 Å². The van der Waals surface area contributed by atoms with Gasteiger partial charge in [0.25, 0.3) is 0 Å². The first-order valence-electron chi connectivity index (χ1n) is 4.38. The van der Waals surface area contributed by atoms with Gasteiger partial charge in [0.15, 0.2) is 0 Å². The highest BCUT2D eigenvalue weighted by atomic mass is 79.9. The van der Waals surface area contributed by atoms with Gasteiger partial charge in [-0.05, 0) is 19.1 Å². The lowest BCUT2D eigenvalue weighted by atomic mass is 10.3. The molecule has 4 heteroatoms. The quantitative estimate of drug-likeness (QED) is 0.837. The number of hydrogen-bond acceptors (Lipinski definition) is 2. The summed E-state index contributed by atoms with van der Waals surface area (Å²) in [5, 5.41) is 0. The fraction of sp³-hybridized carbons (Fsp3) is 0.300. The molecule has 0 amide bonds. The molecule has 1 unspecified atom stereocenters. The number of ether oxygens (including phenoxy) is 1. The van der Waals surface area contributed by atoms with Crippen LogP contribution < -0.4 is 4.74 Å². The Balaban J connectivity index is 2.54. The molecule has 0 saturated carbocycles. The number of halogens is 1. The molecule has 0 aliphatic rings. The molecule has 74 valence electrons. The van der Waals surface area contributed by atoms with E-state index in [-0.39, 0.29) is 4.83 Å². The Labute approximate surface area is 90.6 Å². The number of fused-ring (bicyclic) bond motifs is 1. The number of aromatic nitrogens is 2. The number of benzene rings is 1. The van der Waals surface area contributed by atoms with Gasteiger partial charge in [-0.2, -0.15) is 0 Å². The third-order valence-corrected chi connectivity index (χ3v) is 2.52. The Morgan fingerprint density at radius 1 is 1.50 bits per heavy atom. The maximum absolute atomic E-state index is 5.13. The highest BCUT2D eigenvalue weighted by Gasteiger charge is 2.07. The minimum absolute atomic E-state index is 0.237. The van der Waals surface area contributed by atoms with Crippen LogP contribution in [0.1, 0.15) is 17.6 Å². The van der Waals surface area contributed by atoms with Crippen molar-refractivity contribution in [1.82, 2.24) is 9.97 Å². The van der Waals surface area contributed by atoms with E-state index in [2.05, 4.69) is 25.9 Å². The van der Waals surface area contributed by atoms with E-state index in [0.29, 0.717) is 0 Å². The predicted octanol–water partition coefficient (Wildman–Crippen LogP) is 3.03. The number of nitrogens with one attached hydrogen (secondary N) is 1. The normalized spacial score (nSPS) is 13.1. The maximum atomic E-state index is 5.13. The maximum Gasteiger partial charge on any atom is 0.121 e. The molecule has 14 heavy (non-hydrogen) atoms. The summed E-state index contributed by atoms with van der Waals surface area (Å²) in [6.45, 7) is 2.04. The summed E-state index contributed by atoms with van der Waals surface area (Å²) in [6.07, 6.45) is 0. The van der Waals surface area contributed by atoms with Crippen LogP contribution in [0.5, 0.6) is 5.75 Å². The topological polar surface area (TPSA) is 37.9 Å². The predicted molar refractivity (Wildman–Crippen MR) is 60.0 cm³/mol. The zero-order valence-electron chi connectivity index (χ0n) is 8.04. The molecule has 2 aromatic rings. The van der Waals surface area contributed by atoms with Gasteiger partial charge in [-0.25, -0.2) is 4.98 Å². The molecule has 1 aromatic heterocycles. The average Bonchev–Trinajstić information content (AvgIpc) is 2.59. The monoisotopic (exact) mass is 254 g/mol. The second-order valence-corrected chi connectivity index (χ2v) is 4.49. The lowest BCUT2D eigenvalue weighted by molar-refractivity contribution is 0.415. The molecular formula is C10H11BrN2O. The van der Waals surface area contributed by atoms with E-state index in [9.17, 15) is 0 Å². The Kier molecular flexibility index (Phi) is 2.46. The van der Waals surface area contributed by atoms with Gasteiger partial charge in [-0.1, -0.05) is 15.9 Å². The number of H-pyrrole nitrogens is 1. The number of methoxy groups -OCH3 is 1. The Bertz CT molecular complexity index is 450. The van der Waals surface area contributed by atoms with Gasteiger partial charge in [-0.15, -0.1) is 0 Å². The smallest absolute Gasteiger partial charge is 0.121 e. The lowest BCUT2D eigenvalue weighted by Gasteiger charge is -1.96. The first-order valence-corrected chi connectivity index (χ1v) is 5.30. The second kappa shape index (κ2) is 3.61. The fourth-order valence-corrected chi connectivity index (χ4v) is 1.54. The molecule has 0 spiro atoms. The summed E-state index contributed by atoms with van der Waals surface area (Å²) in [5.41, 5.74) is 1.97. The molecule has 2 rings (SSSR count). The van der Waals surface area contributed by atoms with Crippen LogP contribution in [-0.2, 0) is 0 Å². The summed E-state index contributed by atoms with van der Waals surface area (Å²) in [5.74, 6) is 1.78. The van der Waals surface area contributed by atoms with Gasteiger partial charge in [0.05, 0.1) is 23.0 Å². The van der Waals surface area contributed by atoms with Gasteiger partial charge in [-0.3, -0.25) is 0 Å². The zero-order valence-corrected chi connectivity index (χ0v) is 9.63. The van der Waals surface area contributed by atoms with E-state index >= 15 is 0 Å². The van der Waals surface area contributed by atoms with E-state index in [1.807, 2.05) is 25.1 Å². The molecule has 0 bridgehead atoms. The number of alkyl halides is 1. The van der Waals surface area contributed by atoms with Gasteiger partial charge >= 0.3 is 0 Å². The number of nitrogens with zero attached hydrogens (tertiary/aromatic N) is 1. The van der Waals surface area contributed by atoms with Crippen molar-refractivity contribution in [3.05, 3.63) is 24.0 Å². The van der Waals surface area contributed by atoms with Crippen molar-refractivity contribution in [1.29, 1.82) is 0 Å². The van der Waals surface area contributed by atoms with Crippen molar-refractivity contribution in [2.45, 2.75) is 11.8 Å². The number of imidazole rings is 1. The van der Waals surface area contributed by atoms with E-state index in [0.717, 1.165) is 22.6 Å². The van der Waals surface area contributed by atoms with Gasteiger partial charge in [0.2, 0.25) is 0 Å². The number of rotatable bonds is 2. The van der Waals surface area contributed by atoms with Crippen molar-refractivity contribution in [2.75, 3.05) is 7.11 Å². The van der Waals surface area contributed by atoms with E-state index in [1.54, 1.807) is 7.11 Å². The Hall–Kier alpha value is -1.03. The molecule has 1 aromatic carbocycles. The zero-order chi connectivity index (χ0) is 10.1. The highest BCUT2D eigenvalue weighted by Crippen LogP contribution is 2.24. The standard InChI is InChI=1S/C10H11BrN2O/c1-6(11)10-12-8-4-3-7(14-2)5-9(8)13-10/h3-6H,1-2H3,(H,12,13). The molecule has 3 nitrogen and oxygen atoms in total. The summed E-state index contributed by atoms with van der Waals surface area (Å²) in [4.78, 5) is 7.90.